The molecule has 2 aromatic rings. The van der Waals surface area contributed by atoms with Gasteiger partial charge in [-0.2, -0.15) is 0 Å². The Morgan fingerprint density at radius 1 is 1.48 bits per heavy atom. The molecule has 0 spiro atoms. The Hall–Kier alpha value is -2.31. The van der Waals surface area contributed by atoms with E-state index in [1.54, 1.807) is 19.9 Å². The Balaban J connectivity index is 2.44. The molecule has 1 atom stereocenters. The van der Waals surface area contributed by atoms with E-state index in [0.29, 0.717) is 17.8 Å². The number of aryl methyl sites for hydroxylation is 1. The Bertz CT molecular complexity index is 671. The Labute approximate surface area is 121 Å². The molecule has 0 amide bonds. The third-order valence-corrected chi connectivity index (χ3v) is 3.77. The number of benzene rings is 1. The maximum atomic E-state index is 13.4. The lowest BCUT2D eigenvalue weighted by Crippen LogP contribution is -2.32. The average molecular weight is 292 g/mol. The first kappa shape index (κ1) is 15.1. The zero-order valence-electron chi connectivity index (χ0n) is 12.2. The Morgan fingerprint density at radius 2 is 2.19 bits per heavy atom. The number of hydrogen-bond acceptors (Lipinski definition) is 4. The molecule has 0 saturated heterocycles. The van der Waals surface area contributed by atoms with E-state index in [1.165, 1.54) is 16.8 Å². The highest BCUT2D eigenvalue weighted by Gasteiger charge is 2.33. The minimum Gasteiger partial charge on any atom is -0.481 e. The smallest absolute Gasteiger partial charge is 0.311 e. The molecule has 112 valence electrons. The van der Waals surface area contributed by atoms with Crippen LogP contribution in [0.1, 0.15) is 25.8 Å². The zero-order chi connectivity index (χ0) is 15.6. The van der Waals surface area contributed by atoms with Gasteiger partial charge in [-0.25, -0.2) is 9.07 Å². The quantitative estimate of drug-likeness (QED) is 0.914. The summed E-state index contributed by atoms with van der Waals surface area (Å²) in [6, 6.07) is 4.35. The molecule has 1 aromatic heterocycles. The first-order valence-corrected chi connectivity index (χ1v) is 6.63. The number of hydrogen-bond donors (Lipinski definition) is 1. The average Bonchev–Trinajstić information content (AvgIpc) is 2.89. The highest BCUT2D eigenvalue weighted by Crippen LogP contribution is 2.27. The largest absolute Gasteiger partial charge is 0.481 e. The number of halogens is 1. The lowest BCUT2D eigenvalue weighted by Gasteiger charge is -2.23. The van der Waals surface area contributed by atoms with E-state index >= 15 is 0 Å². The minimum atomic E-state index is -0.981. The molecule has 2 rings (SSSR count). The molecule has 6 nitrogen and oxygen atoms in total. The highest BCUT2D eigenvalue weighted by molar-refractivity contribution is 5.74. The second kappa shape index (κ2) is 5.59. The third-order valence-electron chi connectivity index (χ3n) is 3.77. The van der Waals surface area contributed by atoms with E-state index in [4.69, 9.17) is 0 Å². The van der Waals surface area contributed by atoms with Gasteiger partial charge in [0, 0.05) is 5.56 Å². The summed E-state index contributed by atoms with van der Waals surface area (Å²) >= 11 is 0. The van der Waals surface area contributed by atoms with E-state index in [9.17, 15) is 14.3 Å². The van der Waals surface area contributed by atoms with Crippen molar-refractivity contribution < 1.29 is 14.3 Å². The summed E-state index contributed by atoms with van der Waals surface area (Å²) in [6.07, 6.45) is 0.434. The van der Waals surface area contributed by atoms with Gasteiger partial charge in [-0.15, -0.1) is 5.10 Å². The highest BCUT2D eigenvalue weighted by atomic mass is 19.1. The summed E-state index contributed by atoms with van der Waals surface area (Å²) in [6.45, 7) is 5.38. The van der Waals surface area contributed by atoms with Crippen molar-refractivity contribution in [2.24, 2.45) is 5.41 Å². The summed E-state index contributed by atoms with van der Waals surface area (Å²) in [4.78, 5) is 11.4. The molecule has 0 aliphatic rings. The number of carboxylic acid groups (broad SMARTS) is 1. The molecule has 0 saturated carbocycles. The van der Waals surface area contributed by atoms with E-state index < -0.39 is 11.4 Å². The van der Waals surface area contributed by atoms with Crippen LogP contribution in [0.25, 0.3) is 11.4 Å². The fourth-order valence-electron chi connectivity index (χ4n) is 2.00. The van der Waals surface area contributed by atoms with E-state index in [-0.39, 0.29) is 12.4 Å². The van der Waals surface area contributed by atoms with Crippen molar-refractivity contribution in [2.75, 3.05) is 0 Å². The molecule has 1 heterocycles. The number of nitrogens with zero attached hydrogens (tertiary/aromatic N) is 4. The number of aromatic nitrogens is 4. The SMILES string of the molecule is CCC(C)(Cn1nnnc1-c1cc(F)ccc1C)C(=O)O. The molecule has 0 radical (unpaired) electrons. The normalized spacial score (nSPS) is 13.9. The molecule has 21 heavy (non-hydrogen) atoms. The Kier molecular flexibility index (Phi) is 4.02. The monoisotopic (exact) mass is 292 g/mol. The van der Waals surface area contributed by atoms with Crippen LogP contribution in [0, 0.1) is 18.2 Å². The second-order valence-corrected chi connectivity index (χ2v) is 5.34. The van der Waals surface area contributed by atoms with Gasteiger partial charge in [-0.05, 0) is 48.4 Å². The topological polar surface area (TPSA) is 80.9 Å². The van der Waals surface area contributed by atoms with E-state index in [1.807, 2.05) is 6.92 Å². The van der Waals surface area contributed by atoms with Crippen LogP contribution >= 0.6 is 0 Å². The molecule has 1 aromatic carbocycles. The first-order valence-electron chi connectivity index (χ1n) is 6.63. The maximum absolute atomic E-state index is 13.4. The van der Waals surface area contributed by atoms with Crippen LogP contribution in [0.15, 0.2) is 18.2 Å². The van der Waals surface area contributed by atoms with Gasteiger partial charge in [-0.1, -0.05) is 13.0 Å². The van der Waals surface area contributed by atoms with Gasteiger partial charge in [0.25, 0.3) is 0 Å². The fourth-order valence-corrected chi connectivity index (χ4v) is 2.00. The molecule has 0 aliphatic carbocycles. The second-order valence-electron chi connectivity index (χ2n) is 5.34. The summed E-state index contributed by atoms with van der Waals surface area (Å²) < 4.78 is 14.8. The van der Waals surface area contributed by atoms with Crippen LogP contribution in [-0.4, -0.2) is 31.3 Å². The van der Waals surface area contributed by atoms with Crippen LogP contribution in [-0.2, 0) is 11.3 Å². The molecule has 0 fully saturated rings. The molecule has 0 bridgehead atoms. The number of carboxylic acids is 1. The van der Waals surface area contributed by atoms with Gasteiger partial charge in [-0.3, -0.25) is 4.79 Å². The first-order chi connectivity index (χ1) is 9.87. The summed E-state index contributed by atoms with van der Waals surface area (Å²) in [5, 5.41) is 20.7. The van der Waals surface area contributed by atoms with Crippen molar-refractivity contribution in [3.63, 3.8) is 0 Å². The summed E-state index contributed by atoms with van der Waals surface area (Å²) in [5.41, 5.74) is 0.399. The van der Waals surface area contributed by atoms with Crippen molar-refractivity contribution in [3.05, 3.63) is 29.6 Å². The number of rotatable bonds is 5. The van der Waals surface area contributed by atoms with E-state index in [2.05, 4.69) is 15.5 Å². The number of tetrazole rings is 1. The van der Waals surface area contributed by atoms with Crippen molar-refractivity contribution >= 4 is 5.97 Å². The number of aliphatic carboxylic acids is 1. The minimum absolute atomic E-state index is 0.122. The predicted molar refractivity (Wildman–Crippen MR) is 74.0 cm³/mol. The molecule has 0 aliphatic heterocycles. The van der Waals surface area contributed by atoms with Gasteiger partial charge in [0.1, 0.15) is 5.82 Å². The van der Waals surface area contributed by atoms with Gasteiger partial charge < -0.3 is 5.11 Å². The lowest BCUT2D eigenvalue weighted by atomic mass is 9.87. The summed E-state index contributed by atoms with van der Waals surface area (Å²) in [5.74, 6) is -0.933. The van der Waals surface area contributed by atoms with Gasteiger partial charge in [0.15, 0.2) is 5.82 Å². The van der Waals surface area contributed by atoms with Crippen LogP contribution in [0.2, 0.25) is 0 Å². The van der Waals surface area contributed by atoms with Crippen LogP contribution in [0.4, 0.5) is 4.39 Å². The predicted octanol–water partition coefficient (Wildman–Crippen LogP) is 2.29. The van der Waals surface area contributed by atoms with Crippen molar-refractivity contribution in [2.45, 2.75) is 33.7 Å². The van der Waals surface area contributed by atoms with Crippen molar-refractivity contribution in [1.29, 1.82) is 0 Å². The molecule has 7 heteroatoms. The standard InChI is InChI=1S/C14H17FN4O2/c1-4-14(3,13(20)21)8-19-12(16-17-18-19)11-7-10(15)6-5-9(11)2/h5-7H,4,8H2,1-3H3,(H,20,21). The third kappa shape index (κ3) is 2.91. The molecular weight excluding hydrogens is 275 g/mol. The fraction of sp³-hybridized carbons (Fsp3) is 0.429. The lowest BCUT2D eigenvalue weighted by molar-refractivity contribution is -0.149. The molecule has 1 unspecified atom stereocenters. The summed E-state index contributed by atoms with van der Waals surface area (Å²) in [7, 11) is 0. The van der Waals surface area contributed by atoms with Gasteiger partial charge >= 0.3 is 5.97 Å². The van der Waals surface area contributed by atoms with Crippen molar-refractivity contribution in [1.82, 2.24) is 20.2 Å². The maximum Gasteiger partial charge on any atom is 0.311 e. The Morgan fingerprint density at radius 3 is 2.81 bits per heavy atom. The van der Waals surface area contributed by atoms with Crippen LogP contribution in [0.5, 0.6) is 0 Å². The molecule has 1 N–H and O–H groups in total. The van der Waals surface area contributed by atoms with Gasteiger partial charge in [0.05, 0.1) is 12.0 Å². The number of carbonyl (C=O) groups is 1. The van der Waals surface area contributed by atoms with E-state index in [0.717, 1.165) is 5.56 Å². The van der Waals surface area contributed by atoms with Gasteiger partial charge in [0.2, 0.25) is 0 Å². The van der Waals surface area contributed by atoms with Crippen LogP contribution < -0.4 is 0 Å². The molecular formula is C14H17FN4O2. The van der Waals surface area contributed by atoms with Crippen molar-refractivity contribution in [3.8, 4) is 11.4 Å². The van der Waals surface area contributed by atoms with Crippen LogP contribution in [0.3, 0.4) is 0 Å². The zero-order valence-corrected chi connectivity index (χ0v) is 12.2.